The fraction of sp³-hybridized carbons (Fsp3) is 0.409. The van der Waals surface area contributed by atoms with Gasteiger partial charge in [0.1, 0.15) is 11.6 Å². The number of halogens is 2. The van der Waals surface area contributed by atoms with Crippen LogP contribution in [-0.2, 0) is 11.3 Å². The molecule has 2 aromatic carbocycles. The van der Waals surface area contributed by atoms with E-state index in [4.69, 9.17) is 9.47 Å². The minimum atomic E-state index is -0.613. The number of carbonyl (C=O) groups is 1. The van der Waals surface area contributed by atoms with Gasteiger partial charge in [-0.15, -0.1) is 0 Å². The number of piperazine rings is 1. The molecule has 160 valence electrons. The van der Waals surface area contributed by atoms with Gasteiger partial charge in [0.15, 0.2) is 11.5 Å². The molecule has 0 spiro atoms. The zero-order valence-corrected chi connectivity index (χ0v) is 16.9. The zero-order chi connectivity index (χ0) is 21.1. The van der Waals surface area contributed by atoms with Crippen LogP contribution in [0.25, 0.3) is 0 Å². The lowest BCUT2D eigenvalue weighted by Crippen LogP contribution is -2.50. The molecule has 0 unspecified atom stereocenters. The number of rotatable bonds is 6. The Hall–Kier alpha value is -2.71. The summed E-state index contributed by atoms with van der Waals surface area (Å²) in [6.45, 7) is 5.77. The first-order valence-electron chi connectivity index (χ1n) is 10.1. The molecule has 1 saturated heterocycles. The third-order valence-electron chi connectivity index (χ3n) is 5.56. The SMILES string of the molecule is C[C@H](NCC(=O)N1CCN(Cc2ccc3c(c2)OCO3)CC1)c1ccc(F)cc1F. The molecule has 0 bridgehead atoms. The van der Waals surface area contributed by atoms with E-state index in [9.17, 15) is 13.6 Å². The first-order chi connectivity index (χ1) is 14.5. The highest BCUT2D eigenvalue weighted by molar-refractivity contribution is 5.78. The maximum absolute atomic E-state index is 13.9. The van der Waals surface area contributed by atoms with Gasteiger partial charge in [0.2, 0.25) is 12.7 Å². The molecule has 0 aliphatic carbocycles. The summed E-state index contributed by atoms with van der Waals surface area (Å²) in [5, 5.41) is 3.04. The van der Waals surface area contributed by atoms with Crippen molar-refractivity contribution in [3.8, 4) is 11.5 Å². The Morgan fingerprint density at radius 2 is 1.83 bits per heavy atom. The van der Waals surface area contributed by atoms with Crippen LogP contribution in [0.5, 0.6) is 11.5 Å². The lowest BCUT2D eigenvalue weighted by molar-refractivity contribution is -0.132. The second-order valence-corrected chi connectivity index (χ2v) is 7.61. The number of fused-ring (bicyclic) bond motifs is 1. The lowest BCUT2D eigenvalue weighted by atomic mass is 10.1. The Balaban J connectivity index is 1.23. The third-order valence-corrected chi connectivity index (χ3v) is 5.56. The molecule has 30 heavy (non-hydrogen) atoms. The maximum Gasteiger partial charge on any atom is 0.236 e. The first kappa shape index (κ1) is 20.6. The number of ether oxygens (including phenoxy) is 2. The Morgan fingerprint density at radius 1 is 1.07 bits per heavy atom. The van der Waals surface area contributed by atoms with E-state index in [1.54, 1.807) is 6.92 Å². The minimum absolute atomic E-state index is 0.0212. The quantitative estimate of drug-likeness (QED) is 0.783. The molecule has 2 aromatic rings. The predicted octanol–water partition coefficient (Wildman–Crippen LogP) is 2.69. The molecule has 0 aromatic heterocycles. The highest BCUT2D eigenvalue weighted by atomic mass is 19.1. The van der Waals surface area contributed by atoms with Gasteiger partial charge in [0.05, 0.1) is 6.54 Å². The van der Waals surface area contributed by atoms with Crippen LogP contribution >= 0.6 is 0 Å². The van der Waals surface area contributed by atoms with Gasteiger partial charge in [0.25, 0.3) is 0 Å². The minimum Gasteiger partial charge on any atom is -0.454 e. The predicted molar refractivity (Wildman–Crippen MR) is 107 cm³/mol. The van der Waals surface area contributed by atoms with E-state index in [2.05, 4.69) is 10.2 Å². The van der Waals surface area contributed by atoms with Crippen molar-refractivity contribution < 1.29 is 23.0 Å². The summed E-state index contributed by atoms with van der Waals surface area (Å²) >= 11 is 0. The van der Waals surface area contributed by atoms with E-state index < -0.39 is 11.6 Å². The highest BCUT2D eigenvalue weighted by Gasteiger charge is 2.22. The van der Waals surface area contributed by atoms with Gasteiger partial charge in [-0.2, -0.15) is 0 Å². The van der Waals surface area contributed by atoms with Crippen molar-refractivity contribution >= 4 is 5.91 Å². The number of amides is 1. The molecule has 6 nitrogen and oxygen atoms in total. The van der Waals surface area contributed by atoms with Crippen molar-refractivity contribution in [3.05, 3.63) is 59.2 Å². The van der Waals surface area contributed by atoms with E-state index in [-0.39, 0.29) is 25.3 Å². The molecule has 1 N–H and O–H groups in total. The van der Waals surface area contributed by atoms with Gasteiger partial charge in [-0.1, -0.05) is 12.1 Å². The molecule has 1 atom stereocenters. The number of nitrogens with one attached hydrogen (secondary N) is 1. The largest absolute Gasteiger partial charge is 0.454 e. The molecule has 0 saturated carbocycles. The highest BCUT2D eigenvalue weighted by Crippen LogP contribution is 2.32. The maximum atomic E-state index is 13.9. The Kier molecular flexibility index (Phi) is 6.15. The summed E-state index contributed by atoms with van der Waals surface area (Å²) in [6.07, 6.45) is 0. The molecule has 4 rings (SSSR count). The van der Waals surface area contributed by atoms with E-state index in [1.807, 2.05) is 23.1 Å². The molecular weight excluding hydrogens is 392 g/mol. The average molecular weight is 417 g/mol. The van der Waals surface area contributed by atoms with E-state index >= 15 is 0 Å². The first-order valence-corrected chi connectivity index (χ1v) is 10.1. The van der Waals surface area contributed by atoms with E-state index in [0.29, 0.717) is 18.7 Å². The fourth-order valence-corrected chi connectivity index (χ4v) is 3.77. The van der Waals surface area contributed by atoms with Crippen molar-refractivity contribution in [2.75, 3.05) is 39.5 Å². The molecule has 2 aliphatic heterocycles. The van der Waals surface area contributed by atoms with Gasteiger partial charge in [0, 0.05) is 50.4 Å². The molecule has 2 aliphatic rings. The summed E-state index contributed by atoms with van der Waals surface area (Å²) in [7, 11) is 0. The monoisotopic (exact) mass is 417 g/mol. The number of benzene rings is 2. The van der Waals surface area contributed by atoms with Crippen LogP contribution in [-0.4, -0.2) is 55.2 Å². The molecular formula is C22H25F2N3O3. The van der Waals surface area contributed by atoms with E-state index in [1.165, 1.54) is 12.1 Å². The van der Waals surface area contributed by atoms with Crippen LogP contribution in [0.15, 0.2) is 36.4 Å². The summed E-state index contributed by atoms with van der Waals surface area (Å²) in [5.74, 6) is 0.306. The van der Waals surface area contributed by atoms with Crippen molar-refractivity contribution in [2.24, 2.45) is 0 Å². The van der Waals surface area contributed by atoms with Crippen LogP contribution in [0, 0.1) is 11.6 Å². The normalized spacial score (nSPS) is 17.2. The van der Waals surface area contributed by atoms with Crippen molar-refractivity contribution in [1.82, 2.24) is 15.1 Å². The lowest BCUT2D eigenvalue weighted by Gasteiger charge is -2.35. The number of hydrogen-bond donors (Lipinski definition) is 1. The zero-order valence-electron chi connectivity index (χ0n) is 16.9. The van der Waals surface area contributed by atoms with Gasteiger partial charge < -0.3 is 19.7 Å². The molecule has 8 heteroatoms. The number of nitrogens with zero attached hydrogens (tertiary/aromatic N) is 2. The molecule has 2 heterocycles. The van der Waals surface area contributed by atoms with Crippen LogP contribution in [0.1, 0.15) is 24.1 Å². The second kappa shape index (κ2) is 8.97. The third kappa shape index (κ3) is 4.71. The topological polar surface area (TPSA) is 54.0 Å². The Bertz CT molecular complexity index is 916. The summed E-state index contributed by atoms with van der Waals surface area (Å²) < 4.78 is 37.7. The van der Waals surface area contributed by atoms with Gasteiger partial charge in [-0.3, -0.25) is 9.69 Å². The van der Waals surface area contributed by atoms with Gasteiger partial charge in [-0.25, -0.2) is 8.78 Å². The summed E-state index contributed by atoms with van der Waals surface area (Å²) in [6, 6.07) is 9.05. The standard InChI is InChI=1S/C22H25F2N3O3/c1-15(18-4-3-17(23)11-19(18)24)25-12-22(28)27-8-6-26(7-9-27)13-16-2-5-20-21(10-16)30-14-29-20/h2-5,10-11,15,25H,6-9,12-14H2,1H3/t15-/m0/s1. The second-order valence-electron chi connectivity index (χ2n) is 7.61. The smallest absolute Gasteiger partial charge is 0.236 e. The number of hydrogen-bond acceptors (Lipinski definition) is 5. The molecule has 0 radical (unpaired) electrons. The fourth-order valence-electron chi connectivity index (χ4n) is 3.77. The molecule has 1 amide bonds. The molecule has 1 fully saturated rings. The van der Waals surface area contributed by atoms with Gasteiger partial charge in [-0.05, 0) is 30.7 Å². The van der Waals surface area contributed by atoms with Crippen LogP contribution in [0.2, 0.25) is 0 Å². The van der Waals surface area contributed by atoms with E-state index in [0.717, 1.165) is 42.8 Å². The Morgan fingerprint density at radius 3 is 2.60 bits per heavy atom. The summed E-state index contributed by atoms with van der Waals surface area (Å²) in [5.41, 5.74) is 1.49. The van der Waals surface area contributed by atoms with Crippen molar-refractivity contribution in [3.63, 3.8) is 0 Å². The number of carbonyl (C=O) groups excluding carboxylic acids is 1. The van der Waals surface area contributed by atoms with Crippen LogP contribution in [0.3, 0.4) is 0 Å². The Labute approximate surface area is 174 Å². The average Bonchev–Trinajstić information content (AvgIpc) is 3.20. The van der Waals surface area contributed by atoms with Gasteiger partial charge >= 0.3 is 0 Å². The van der Waals surface area contributed by atoms with Crippen molar-refractivity contribution in [2.45, 2.75) is 19.5 Å². The van der Waals surface area contributed by atoms with Crippen molar-refractivity contribution in [1.29, 1.82) is 0 Å². The summed E-state index contributed by atoms with van der Waals surface area (Å²) in [4.78, 5) is 16.6. The van der Waals surface area contributed by atoms with Crippen LogP contribution < -0.4 is 14.8 Å². The van der Waals surface area contributed by atoms with Crippen LogP contribution in [0.4, 0.5) is 8.78 Å².